The van der Waals surface area contributed by atoms with Crippen LogP contribution in [-0.2, 0) is 0 Å². The number of thiazole rings is 1. The van der Waals surface area contributed by atoms with Crippen molar-refractivity contribution in [3.8, 4) is 22.2 Å². The molecule has 4 rings (SSSR count). The van der Waals surface area contributed by atoms with Gasteiger partial charge in [0.15, 0.2) is 5.82 Å². The molecule has 30 heavy (non-hydrogen) atoms. The molecule has 152 valence electrons. The monoisotopic (exact) mass is 419 g/mol. The summed E-state index contributed by atoms with van der Waals surface area (Å²) in [5, 5.41) is 7.77. The number of amides is 1. The van der Waals surface area contributed by atoms with Crippen LogP contribution >= 0.6 is 11.3 Å². The van der Waals surface area contributed by atoms with Crippen LogP contribution in [0.4, 0.5) is 5.69 Å². The molecule has 0 bridgehead atoms. The summed E-state index contributed by atoms with van der Waals surface area (Å²) < 4.78 is 5.45. The van der Waals surface area contributed by atoms with Gasteiger partial charge in [-0.05, 0) is 37.6 Å². The minimum absolute atomic E-state index is 0.148. The molecule has 0 radical (unpaired) electrons. The second kappa shape index (κ2) is 8.16. The molecule has 0 fully saturated rings. The summed E-state index contributed by atoms with van der Waals surface area (Å²) in [6.07, 6.45) is 1.71. The zero-order chi connectivity index (χ0) is 21.3. The van der Waals surface area contributed by atoms with Gasteiger partial charge in [-0.15, -0.1) is 11.3 Å². The number of nitrogens with one attached hydrogen (secondary N) is 1. The van der Waals surface area contributed by atoms with Crippen LogP contribution in [0.1, 0.15) is 46.5 Å². The highest BCUT2D eigenvalue weighted by molar-refractivity contribution is 7.17. The number of pyridine rings is 1. The van der Waals surface area contributed by atoms with Crippen molar-refractivity contribution < 1.29 is 9.32 Å². The number of carbonyl (C=O) groups is 1. The largest absolute Gasteiger partial charge is 0.334 e. The van der Waals surface area contributed by atoms with E-state index >= 15 is 0 Å². The number of aromatic nitrogens is 4. The molecule has 0 spiro atoms. The smallest absolute Gasteiger partial charge is 0.267 e. The average molecular weight is 420 g/mol. The summed E-state index contributed by atoms with van der Waals surface area (Å²) in [5.74, 6) is 0.927. The second-order valence-electron chi connectivity index (χ2n) is 7.21. The number of anilines is 1. The first-order valence-electron chi connectivity index (χ1n) is 9.57. The minimum Gasteiger partial charge on any atom is -0.334 e. The molecule has 3 aromatic heterocycles. The number of benzene rings is 1. The van der Waals surface area contributed by atoms with Crippen LogP contribution in [0.25, 0.3) is 22.2 Å². The third-order valence-corrected chi connectivity index (χ3v) is 5.77. The van der Waals surface area contributed by atoms with Gasteiger partial charge in [-0.3, -0.25) is 9.78 Å². The molecule has 0 unspecified atom stereocenters. The summed E-state index contributed by atoms with van der Waals surface area (Å²) in [6.45, 7) is 7.75. The Morgan fingerprint density at radius 2 is 1.93 bits per heavy atom. The zero-order valence-corrected chi connectivity index (χ0v) is 17.9. The van der Waals surface area contributed by atoms with Gasteiger partial charge in [-0.25, -0.2) is 4.98 Å². The quantitative estimate of drug-likeness (QED) is 0.475. The lowest BCUT2D eigenvalue weighted by molar-refractivity contribution is 0.102. The normalized spacial score (nSPS) is 11.1. The van der Waals surface area contributed by atoms with Gasteiger partial charge in [0.05, 0.1) is 22.6 Å². The predicted molar refractivity (Wildman–Crippen MR) is 117 cm³/mol. The van der Waals surface area contributed by atoms with Crippen molar-refractivity contribution in [1.29, 1.82) is 0 Å². The van der Waals surface area contributed by atoms with Gasteiger partial charge in [-0.1, -0.05) is 37.2 Å². The maximum absolute atomic E-state index is 13.1. The number of aryl methyl sites for hydroxylation is 2. The average Bonchev–Trinajstić information content (AvgIpc) is 3.37. The van der Waals surface area contributed by atoms with Gasteiger partial charge < -0.3 is 9.84 Å². The first-order chi connectivity index (χ1) is 14.4. The highest BCUT2D eigenvalue weighted by Crippen LogP contribution is 2.32. The molecule has 0 aliphatic carbocycles. The molecule has 1 amide bonds. The van der Waals surface area contributed by atoms with E-state index in [1.807, 2.05) is 64.1 Å². The van der Waals surface area contributed by atoms with Gasteiger partial charge in [-0.2, -0.15) is 4.98 Å². The number of rotatable bonds is 5. The van der Waals surface area contributed by atoms with E-state index < -0.39 is 0 Å². The molecule has 1 aromatic carbocycles. The number of hydrogen-bond donors (Lipinski definition) is 1. The maximum Gasteiger partial charge on any atom is 0.267 e. The summed E-state index contributed by atoms with van der Waals surface area (Å²) >= 11 is 1.32. The molecule has 0 atom stereocenters. The molecule has 0 saturated carbocycles. The fourth-order valence-electron chi connectivity index (χ4n) is 2.97. The van der Waals surface area contributed by atoms with Crippen LogP contribution in [0.15, 0.2) is 47.1 Å². The summed E-state index contributed by atoms with van der Waals surface area (Å²) in [5.41, 5.74) is 3.64. The Bertz CT molecular complexity index is 1200. The van der Waals surface area contributed by atoms with Crippen LogP contribution in [0.5, 0.6) is 0 Å². The first kappa shape index (κ1) is 19.9. The zero-order valence-electron chi connectivity index (χ0n) is 17.1. The molecule has 7 nitrogen and oxygen atoms in total. The second-order valence-corrected chi connectivity index (χ2v) is 8.21. The van der Waals surface area contributed by atoms with E-state index in [1.165, 1.54) is 11.3 Å². The Balaban J connectivity index is 1.66. The molecule has 4 aromatic rings. The van der Waals surface area contributed by atoms with Gasteiger partial charge in [0.2, 0.25) is 0 Å². The van der Waals surface area contributed by atoms with E-state index in [4.69, 9.17) is 4.52 Å². The van der Waals surface area contributed by atoms with Gasteiger partial charge in [0.1, 0.15) is 9.88 Å². The number of nitrogens with zero attached hydrogens (tertiary/aromatic N) is 4. The van der Waals surface area contributed by atoms with Gasteiger partial charge >= 0.3 is 0 Å². The van der Waals surface area contributed by atoms with Crippen LogP contribution < -0.4 is 5.32 Å². The molecular formula is C22H21N5O2S. The van der Waals surface area contributed by atoms with Crippen molar-refractivity contribution in [1.82, 2.24) is 20.1 Å². The Morgan fingerprint density at radius 1 is 1.10 bits per heavy atom. The van der Waals surface area contributed by atoms with E-state index in [0.29, 0.717) is 38.5 Å². The van der Waals surface area contributed by atoms with Crippen molar-refractivity contribution in [2.24, 2.45) is 0 Å². The summed E-state index contributed by atoms with van der Waals surface area (Å²) in [7, 11) is 0. The van der Waals surface area contributed by atoms with Crippen molar-refractivity contribution in [3.63, 3.8) is 0 Å². The van der Waals surface area contributed by atoms with Crippen molar-refractivity contribution in [2.45, 2.75) is 33.6 Å². The van der Waals surface area contributed by atoms with Gasteiger partial charge in [0, 0.05) is 12.1 Å². The number of hydrogen-bond acceptors (Lipinski definition) is 7. The lowest BCUT2D eigenvalue weighted by Gasteiger charge is -2.11. The summed E-state index contributed by atoms with van der Waals surface area (Å²) in [4.78, 5) is 27.0. The minimum atomic E-state index is -0.230. The molecule has 0 aliphatic rings. The van der Waals surface area contributed by atoms with Gasteiger partial charge in [0.25, 0.3) is 11.8 Å². The molecule has 0 saturated heterocycles. The van der Waals surface area contributed by atoms with E-state index in [1.54, 1.807) is 6.20 Å². The van der Waals surface area contributed by atoms with Crippen LogP contribution in [-0.4, -0.2) is 26.0 Å². The Morgan fingerprint density at radius 3 is 2.63 bits per heavy atom. The lowest BCUT2D eigenvalue weighted by atomic mass is 10.1. The van der Waals surface area contributed by atoms with Crippen LogP contribution in [0, 0.1) is 13.8 Å². The number of para-hydroxylation sites is 1. The van der Waals surface area contributed by atoms with Crippen LogP contribution in [0.2, 0.25) is 0 Å². The van der Waals surface area contributed by atoms with E-state index in [0.717, 1.165) is 11.3 Å². The Labute approximate surface area is 178 Å². The van der Waals surface area contributed by atoms with Crippen LogP contribution in [0.3, 0.4) is 0 Å². The maximum atomic E-state index is 13.1. The first-order valence-corrected chi connectivity index (χ1v) is 10.4. The Hall–Kier alpha value is -3.39. The topological polar surface area (TPSA) is 93.8 Å². The van der Waals surface area contributed by atoms with Crippen molar-refractivity contribution in [2.75, 3.05) is 5.32 Å². The van der Waals surface area contributed by atoms with Crippen molar-refractivity contribution >= 4 is 22.9 Å². The highest BCUT2D eigenvalue weighted by Gasteiger charge is 2.21. The molecule has 8 heteroatoms. The standard InChI is InChI=1S/C22H21N5O2S/c1-12(2)19-26-21(29-27-19)15-9-7-8-13(3)17(15)25-20(28)18-14(4)24-22(30-18)16-10-5-6-11-23-16/h5-12H,1-4H3,(H,25,28). The summed E-state index contributed by atoms with van der Waals surface area (Å²) in [6, 6.07) is 11.3. The third-order valence-electron chi connectivity index (χ3n) is 4.59. The molecule has 3 heterocycles. The van der Waals surface area contributed by atoms with E-state index in [-0.39, 0.29) is 11.8 Å². The molecule has 1 N–H and O–H groups in total. The third kappa shape index (κ3) is 3.86. The van der Waals surface area contributed by atoms with Crippen molar-refractivity contribution in [3.05, 3.63) is 64.6 Å². The fourth-order valence-corrected chi connectivity index (χ4v) is 3.91. The van der Waals surface area contributed by atoms with E-state index in [2.05, 4.69) is 25.4 Å². The molecular weight excluding hydrogens is 398 g/mol. The fraction of sp³-hybridized carbons (Fsp3) is 0.227. The SMILES string of the molecule is Cc1cccc(-c2nc(C(C)C)no2)c1NC(=O)c1sc(-c2ccccn2)nc1C. The Kier molecular flexibility index (Phi) is 5.41. The van der Waals surface area contributed by atoms with E-state index in [9.17, 15) is 4.79 Å². The number of carbonyl (C=O) groups excluding carboxylic acids is 1. The molecule has 0 aliphatic heterocycles. The highest BCUT2D eigenvalue weighted by atomic mass is 32.1. The lowest BCUT2D eigenvalue weighted by Crippen LogP contribution is -2.13. The predicted octanol–water partition coefficient (Wildman–Crippen LogP) is 5.25.